The zero-order valence-corrected chi connectivity index (χ0v) is 18.5. The second kappa shape index (κ2) is 9.96. The Morgan fingerprint density at radius 1 is 0.935 bits per heavy atom. The maximum atomic E-state index is 6.64. The molecule has 0 atom stereocenters. The molecule has 31 heavy (non-hydrogen) atoms. The van der Waals surface area contributed by atoms with Crippen LogP contribution in [0.4, 0.5) is 0 Å². The quantitative estimate of drug-likeness (QED) is 0.227. The fraction of sp³-hybridized carbons (Fsp3) is 0.0870. The maximum absolute atomic E-state index is 6.64. The minimum Gasteiger partial charge on any atom is -0.391 e. The van der Waals surface area contributed by atoms with Crippen LogP contribution in [0.15, 0.2) is 84.5 Å². The van der Waals surface area contributed by atoms with Crippen molar-refractivity contribution in [1.29, 1.82) is 0 Å². The van der Waals surface area contributed by atoms with Crippen molar-refractivity contribution in [3.05, 3.63) is 106 Å². The van der Waals surface area contributed by atoms with Gasteiger partial charge in [-0.1, -0.05) is 88.5 Å². The first kappa shape index (κ1) is 21.4. The van der Waals surface area contributed by atoms with Gasteiger partial charge >= 0.3 is 0 Å². The van der Waals surface area contributed by atoms with Crippen LogP contribution in [0.2, 0.25) is 15.1 Å². The Morgan fingerprint density at radius 2 is 1.77 bits per heavy atom. The van der Waals surface area contributed by atoms with Crippen molar-refractivity contribution in [3.63, 3.8) is 0 Å². The Hall–Kier alpha value is -2.86. The summed E-state index contributed by atoms with van der Waals surface area (Å²) in [5.74, 6) is 0. The van der Waals surface area contributed by atoms with Gasteiger partial charge in [-0.2, -0.15) is 5.10 Å². The monoisotopic (exact) mass is 470 g/mol. The molecule has 0 aliphatic carbocycles. The van der Waals surface area contributed by atoms with Crippen LogP contribution < -0.4 is 0 Å². The van der Waals surface area contributed by atoms with Crippen LogP contribution in [-0.4, -0.2) is 20.5 Å². The topological polar surface area (TPSA) is 52.3 Å². The highest BCUT2D eigenvalue weighted by Crippen LogP contribution is 2.30. The van der Waals surface area contributed by atoms with Crippen LogP contribution >= 0.6 is 34.8 Å². The standard InChI is InChI=1S/C23H17Cl3N4O/c24-18-10-9-17(21(26)11-18)13-31-29-22(12-30-15-27-14-28-30)23-19(7-4-8-20(23)25)16-5-2-1-3-6-16/h1-11,14-15H,12-13H2/b29-22+. The molecule has 3 aromatic carbocycles. The minimum atomic E-state index is 0.183. The fourth-order valence-electron chi connectivity index (χ4n) is 3.12. The molecule has 0 aliphatic rings. The van der Waals surface area contributed by atoms with Gasteiger partial charge in [-0.3, -0.25) is 0 Å². The maximum Gasteiger partial charge on any atom is 0.143 e. The summed E-state index contributed by atoms with van der Waals surface area (Å²) in [7, 11) is 0. The highest BCUT2D eigenvalue weighted by atomic mass is 35.5. The molecule has 0 saturated heterocycles. The number of aromatic nitrogens is 3. The zero-order chi connectivity index (χ0) is 21.6. The Labute approximate surface area is 194 Å². The van der Waals surface area contributed by atoms with Gasteiger partial charge in [-0.25, -0.2) is 9.67 Å². The molecular formula is C23H17Cl3N4O. The Balaban J connectivity index is 1.71. The third kappa shape index (κ3) is 5.25. The van der Waals surface area contributed by atoms with E-state index in [9.17, 15) is 0 Å². The van der Waals surface area contributed by atoms with Crippen LogP contribution in [0.1, 0.15) is 11.1 Å². The van der Waals surface area contributed by atoms with E-state index in [1.807, 2.05) is 54.6 Å². The van der Waals surface area contributed by atoms with Gasteiger partial charge in [0.15, 0.2) is 0 Å². The average Bonchev–Trinajstić information content (AvgIpc) is 3.28. The third-order valence-corrected chi connectivity index (χ3v) is 5.48. The summed E-state index contributed by atoms with van der Waals surface area (Å²) in [6, 6.07) is 21.0. The summed E-state index contributed by atoms with van der Waals surface area (Å²) in [6.07, 6.45) is 3.08. The average molecular weight is 472 g/mol. The van der Waals surface area contributed by atoms with Gasteiger partial charge < -0.3 is 4.84 Å². The number of rotatable bonds is 7. The van der Waals surface area contributed by atoms with E-state index in [0.29, 0.717) is 27.3 Å². The van der Waals surface area contributed by atoms with Crippen molar-refractivity contribution in [1.82, 2.24) is 14.8 Å². The summed E-state index contributed by atoms with van der Waals surface area (Å²) in [4.78, 5) is 9.70. The second-order valence-corrected chi connectivity index (χ2v) is 7.92. The van der Waals surface area contributed by atoms with E-state index >= 15 is 0 Å². The molecule has 0 aliphatic heterocycles. The zero-order valence-electron chi connectivity index (χ0n) is 16.3. The molecular weight excluding hydrogens is 455 g/mol. The Morgan fingerprint density at radius 3 is 2.52 bits per heavy atom. The third-order valence-electron chi connectivity index (χ3n) is 4.58. The number of nitrogens with zero attached hydrogens (tertiary/aromatic N) is 4. The lowest BCUT2D eigenvalue weighted by molar-refractivity contribution is 0.130. The normalized spacial score (nSPS) is 11.5. The molecule has 0 fully saturated rings. The van der Waals surface area contributed by atoms with Crippen molar-refractivity contribution in [2.75, 3.05) is 0 Å². The molecule has 0 amide bonds. The van der Waals surface area contributed by atoms with Crippen molar-refractivity contribution >= 4 is 40.5 Å². The van der Waals surface area contributed by atoms with Crippen LogP contribution in [0.25, 0.3) is 11.1 Å². The van der Waals surface area contributed by atoms with E-state index < -0.39 is 0 Å². The number of benzene rings is 3. The van der Waals surface area contributed by atoms with Gasteiger partial charge in [0.2, 0.25) is 0 Å². The van der Waals surface area contributed by atoms with Gasteiger partial charge in [-0.05, 0) is 29.3 Å². The number of oxime groups is 1. The molecule has 0 bridgehead atoms. The second-order valence-electron chi connectivity index (χ2n) is 6.67. The van der Waals surface area contributed by atoms with Crippen molar-refractivity contribution in [2.45, 2.75) is 13.2 Å². The lowest BCUT2D eigenvalue weighted by atomic mass is 9.96. The fourth-order valence-corrected chi connectivity index (χ4v) is 3.86. The molecule has 156 valence electrons. The molecule has 0 spiro atoms. The first-order valence-corrected chi connectivity index (χ1v) is 10.5. The van der Waals surface area contributed by atoms with E-state index in [2.05, 4.69) is 15.2 Å². The number of hydrogen-bond donors (Lipinski definition) is 0. The van der Waals surface area contributed by atoms with Crippen molar-refractivity contribution in [3.8, 4) is 11.1 Å². The van der Waals surface area contributed by atoms with E-state index in [1.54, 1.807) is 23.1 Å². The lowest BCUT2D eigenvalue weighted by Crippen LogP contribution is -2.15. The highest BCUT2D eigenvalue weighted by molar-refractivity contribution is 6.35. The molecule has 1 aromatic heterocycles. The van der Waals surface area contributed by atoms with Crippen LogP contribution in [0, 0.1) is 0 Å². The smallest absolute Gasteiger partial charge is 0.143 e. The van der Waals surface area contributed by atoms with E-state index in [0.717, 1.165) is 22.3 Å². The Bertz CT molecular complexity index is 1190. The van der Waals surface area contributed by atoms with Crippen LogP contribution in [0.5, 0.6) is 0 Å². The molecule has 5 nitrogen and oxygen atoms in total. The summed E-state index contributed by atoms with van der Waals surface area (Å²) in [5, 5.41) is 10.3. The first-order chi connectivity index (χ1) is 15.1. The van der Waals surface area contributed by atoms with Gasteiger partial charge in [0.05, 0.1) is 11.6 Å². The molecule has 4 rings (SSSR count). The van der Waals surface area contributed by atoms with Gasteiger partial charge in [0, 0.05) is 21.2 Å². The summed E-state index contributed by atoms with van der Waals surface area (Å²) in [6.45, 7) is 0.514. The largest absolute Gasteiger partial charge is 0.391 e. The van der Waals surface area contributed by atoms with E-state index in [1.165, 1.54) is 6.33 Å². The molecule has 0 radical (unpaired) electrons. The van der Waals surface area contributed by atoms with Gasteiger partial charge in [-0.15, -0.1) is 0 Å². The lowest BCUT2D eigenvalue weighted by Gasteiger charge is -2.14. The molecule has 0 saturated carbocycles. The van der Waals surface area contributed by atoms with Crippen molar-refractivity contribution < 1.29 is 4.84 Å². The van der Waals surface area contributed by atoms with Gasteiger partial charge in [0.25, 0.3) is 0 Å². The van der Waals surface area contributed by atoms with E-state index in [4.69, 9.17) is 39.6 Å². The molecule has 0 N–H and O–H groups in total. The predicted octanol–water partition coefficient (Wildman–Crippen LogP) is 6.53. The first-order valence-electron chi connectivity index (χ1n) is 9.41. The van der Waals surface area contributed by atoms with E-state index in [-0.39, 0.29) is 6.61 Å². The number of hydrogen-bond acceptors (Lipinski definition) is 4. The van der Waals surface area contributed by atoms with Crippen LogP contribution in [0.3, 0.4) is 0 Å². The summed E-state index contributed by atoms with van der Waals surface area (Å²) < 4.78 is 1.66. The number of halogens is 3. The minimum absolute atomic E-state index is 0.183. The Kier molecular flexibility index (Phi) is 6.87. The molecule has 8 heteroatoms. The molecule has 0 unspecified atom stereocenters. The van der Waals surface area contributed by atoms with Crippen LogP contribution in [-0.2, 0) is 18.0 Å². The SMILES string of the molecule is Clc1ccc(CO/N=C(\Cn2cncn2)c2c(Cl)cccc2-c2ccccc2)c(Cl)c1. The summed E-state index contributed by atoms with van der Waals surface area (Å²) in [5.41, 5.74) is 4.12. The highest BCUT2D eigenvalue weighted by Gasteiger charge is 2.17. The van der Waals surface area contributed by atoms with Gasteiger partial charge in [0.1, 0.15) is 25.0 Å². The summed E-state index contributed by atoms with van der Waals surface area (Å²) >= 11 is 18.9. The molecule has 4 aromatic rings. The molecule has 1 heterocycles. The van der Waals surface area contributed by atoms with Crippen molar-refractivity contribution in [2.24, 2.45) is 5.16 Å². The predicted molar refractivity (Wildman–Crippen MR) is 125 cm³/mol.